The van der Waals surface area contributed by atoms with Gasteiger partial charge in [0.1, 0.15) is 12.1 Å². The van der Waals surface area contributed by atoms with Gasteiger partial charge in [-0.25, -0.2) is 0 Å². The molecule has 2 N–H and O–H groups in total. The molecule has 2 nitrogen and oxygen atoms in total. The van der Waals surface area contributed by atoms with E-state index in [1.165, 1.54) is 4.90 Å². The Kier molecular flexibility index (Phi) is 3.52. The van der Waals surface area contributed by atoms with Crippen LogP contribution in [-0.2, 0) is 5.60 Å². The van der Waals surface area contributed by atoms with Gasteiger partial charge in [0.15, 0.2) is 0 Å². The highest BCUT2D eigenvalue weighted by Gasteiger charge is 2.44. The number of rotatable bonds is 1. The molecule has 1 unspecified atom stereocenters. The molecular weight excluding hydrogens is 222 g/mol. The van der Waals surface area contributed by atoms with Crippen molar-refractivity contribution in [3.05, 3.63) is 35.9 Å². The monoisotopic (exact) mass is 248 g/mol. The number of hydrogen-bond acceptors (Lipinski definition) is 1. The number of aliphatic hydroxyl groups is 1. The van der Waals surface area contributed by atoms with E-state index in [0.717, 1.165) is 25.1 Å². The Hall–Kier alpha value is -0.860. The number of likely N-dealkylation sites (tertiary alicyclic amines) is 1. The zero-order chi connectivity index (χ0) is 13.4. The Morgan fingerprint density at radius 3 is 2.39 bits per heavy atom. The Bertz CT molecular complexity index is 395. The highest BCUT2D eigenvalue weighted by molar-refractivity contribution is 5.22. The van der Waals surface area contributed by atoms with Gasteiger partial charge in [-0.05, 0) is 32.8 Å². The predicted molar refractivity (Wildman–Crippen MR) is 74.6 cm³/mol. The lowest BCUT2D eigenvalue weighted by Gasteiger charge is -2.45. The van der Waals surface area contributed by atoms with Gasteiger partial charge in [0, 0.05) is 5.92 Å². The molecule has 18 heavy (non-hydrogen) atoms. The minimum absolute atomic E-state index is 0.192. The SMILES string of the molecule is C[C@H]1C[NH+](C(C)(C)C)C[C@](O)(c2ccccc2)C1. The second-order valence-corrected chi connectivity index (χ2v) is 6.94. The molecule has 1 aromatic carbocycles. The maximum Gasteiger partial charge on any atom is 0.139 e. The predicted octanol–water partition coefficient (Wildman–Crippen LogP) is 1.60. The molecule has 0 spiro atoms. The van der Waals surface area contributed by atoms with Crippen LogP contribution in [0.2, 0.25) is 0 Å². The van der Waals surface area contributed by atoms with Crippen LogP contribution in [0, 0.1) is 5.92 Å². The van der Waals surface area contributed by atoms with Crippen molar-refractivity contribution in [1.29, 1.82) is 0 Å². The van der Waals surface area contributed by atoms with E-state index in [1.54, 1.807) is 0 Å². The Morgan fingerprint density at radius 1 is 1.22 bits per heavy atom. The Labute approximate surface area is 111 Å². The van der Waals surface area contributed by atoms with E-state index in [4.69, 9.17) is 0 Å². The minimum Gasteiger partial charge on any atom is -0.379 e. The second-order valence-electron chi connectivity index (χ2n) is 6.94. The fraction of sp³-hybridized carbons (Fsp3) is 0.625. The molecule has 2 rings (SSSR count). The normalized spacial score (nSPS) is 33.4. The standard InChI is InChI=1S/C16H25NO/c1-13-10-16(18,14-8-6-5-7-9-14)12-17(11-13)15(2,3)4/h5-9,13,18H,10-12H2,1-4H3/p+1/t13-,16+/m1/s1. The zero-order valence-corrected chi connectivity index (χ0v) is 12.0. The van der Waals surface area contributed by atoms with E-state index >= 15 is 0 Å². The van der Waals surface area contributed by atoms with Gasteiger partial charge in [0.25, 0.3) is 0 Å². The summed E-state index contributed by atoms with van der Waals surface area (Å²) >= 11 is 0. The maximum absolute atomic E-state index is 11.0. The summed E-state index contributed by atoms with van der Waals surface area (Å²) in [6.07, 6.45) is 0.872. The summed E-state index contributed by atoms with van der Waals surface area (Å²) in [4.78, 5) is 1.49. The summed E-state index contributed by atoms with van der Waals surface area (Å²) < 4.78 is 0. The van der Waals surface area contributed by atoms with Crippen LogP contribution in [-0.4, -0.2) is 23.7 Å². The van der Waals surface area contributed by atoms with Gasteiger partial charge in [-0.2, -0.15) is 0 Å². The molecule has 2 heteroatoms. The molecule has 0 radical (unpaired) electrons. The van der Waals surface area contributed by atoms with Crippen LogP contribution in [0.5, 0.6) is 0 Å². The third-order valence-electron chi connectivity index (χ3n) is 4.16. The molecule has 0 saturated carbocycles. The number of hydrogen-bond donors (Lipinski definition) is 2. The summed E-state index contributed by atoms with van der Waals surface area (Å²) in [7, 11) is 0. The molecule has 100 valence electrons. The molecule has 0 bridgehead atoms. The van der Waals surface area contributed by atoms with E-state index in [1.807, 2.05) is 18.2 Å². The third-order valence-corrected chi connectivity index (χ3v) is 4.16. The smallest absolute Gasteiger partial charge is 0.139 e. The van der Waals surface area contributed by atoms with E-state index in [0.29, 0.717) is 5.92 Å². The van der Waals surface area contributed by atoms with Gasteiger partial charge in [0.05, 0.1) is 12.1 Å². The van der Waals surface area contributed by atoms with Crippen molar-refractivity contribution < 1.29 is 10.0 Å². The fourth-order valence-corrected chi connectivity index (χ4v) is 3.11. The lowest BCUT2D eigenvalue weighted by molar-refractivity contribution is -0.961. The molecule has 1 aliphatic heterocycles. The molecule has 0 aromatic heterocycles. The van der Waals surface area contributed by atoms with Gasteiger partial charge in [0.2, 0.25) is 0 Å². The summed E-state index contributed by atoms with van der Waals surface area (Å²) in [5, 5.41) is 11.0. The number of benzene rings is 1. The van der Waals surface area contributed by atoms with Crippen molar-refractivity contribution in [2.45, 2.75) is 45.3 Å². The number of quaternary nitrogens is 1. The van der Waals surface area contributed by atoms with Crippen molar-refractivity contribution in [2.75, 3.05) is 13.1 Å². The van der Waals surface area contributed by atoms with Crippen LogP contribution in [0.15, 0.2) is 30.3 Å². The van der Waals surface area contributed by atoms with Crippen LogP contribution in [0.4, 0.5) is 0 Å². The van der Waals surface area contributed by atoms with E-state index in [2.05, 4.69) is 39.8 Å². The molecule has 0 amide bonds. The second kappa shape index (κ2) is 4.67. The summed E-state index contributed by atoms with van der Waals surface area (Å²) in [6, 6.07) is 10.1. The number of nitrogens with one attached hydrogen (secondary N) is 1. The van der Waals surface area contributed by atoms with Gasteiger partial charge < -0.3 is 10.0 Å². The third kappa shape index (κ3) is 2.76. The van der Waals surface area contributed by atoms with Gasteiger partial charge in [-0.3, -0.25) is 0 Å². The summed E-state index contributed by atoms with van der Waals surface area (Å²) in [5.41, 5.74) is 0.595. The first-order chi connectivity index (χ1) is 8.31. The molecule has 1 aliphatic rings. The van der Waals surface area contributed by atoms with Gasteiger partial charge in [-0.1, -0.05) is 37.3 Å². The fourth-order valence-electron chi connectivity index (χ4n) is 3.11. The highest BCUT2D eigenvalue weighted by atomic mass is 16.3. The van der Waals surface area contributed by atoms with E-state index in [9.17, 15) is 5.11 Å². The van der Waals surface area contributed by atoms with Crippen molar-refractivity contribution >= 4 is 0 Å². The van der Waals surface area contributed by atoms with Crippen molar-refractivity contribution in [2.24, 2.45) is 5.92 Å². The quantitative estimate of drug-likeness (QED) is 0.775. The Morgan fingerprint density at radius 2 is 1.83 bits per heavy atom. The maximum atomic E-state index is 11.0. The van der Waals surface area contributed by atoms with Crippen molar-refractivity contribution in [3.63, 3.8) is 0 Å². The number of piperidine rings is 1. The van der Waals surface area contributed by atoms with Crippen molar-refractivity contribution in [1.82, 2.24) is 0 Å². The van der Waals surface area contributed by atoms with Crippen molar-refractivity contribution in [3.8, 4) is 0 Å². The molecule has 0 aliphatic carbocycles. The topological polar surface area (TPSA) is 24.7 Å². The van der Waals surface area contributed by atoms with Crippen LogP contribution < -0.4 is 4.90 Å². The summed E-state index contributed by atoms with van der Waals surface area (Å²) in [5.74, 6) is 0.554. The molecular formula is C16H26NO+. The van der Waals surface area contributed by atoms with Crippen LogP contribution >= 0.6 is 0 Å². The molecule has 1 fully saturated rings. The lowest BCUT2D eigenvalue weighted by atomic mass is 9.79. The average molecular weight is 248 g/mol. The first kappa shape index (κ1) is 13.6. The first-order valence-electron chi connectivity index (χ1n) is 6.94. The van der Waals surface area contributed by atoms with E-state index in [-0.39, 0.29) is 5.54 Å². The molecule has 3 atom stereocenters. The lowest BCUT2D eigenvalue weighted by Crippen LogP contribution is -3.21. The van der Waals surface area contributed by atoms with Crippen LogP contribution in [0.25, 0.3) is 0 Å². The van der Waals surface area contributed by atoms with E-state index < -0.39 is 5.60 Å². The summed E-state index contributed by atoms with van der Waals surface area (Å²) in [6.45, 7) is 11.0. The zero-order valence-electron chi connectivity index (χ0n) is 12.0. The van der Waals surface area contributed by atoms with Crippen LogP contribution in [0.1, 0.15) is 39.7 Å². The average Bonchev–Trinajstić information content (AvgIpc) is 2.28. The Balaban J connectivity index is 2.28. The van der Waals surface area contributed by atoms with Crippen LogP contribution in [0.3, 0.4) is 0 Å². The first-order valence-corrected chi connectivity index (χ1v) is 6.94. The minimum atomic E-state index is -0.665. The molecule has 1 heterocycles. The highest BCUT2D eigenvalue weighted by Crippen LogP contribution is 2.29. The molecule has 1 aromatic rings. The van der Waals surface area contributed by atoms with Gasteiger partial charge >= 0.3 is 0 Å². The molecule has 1 saturated heterocycles. The largest absolute Gasteiger partial charge is 0.379 e. The van der Waals surface area contributed by atoms with Gasteiger partial charge in [-0.15, -0.1) is 0 Å².